The second-order valence-corrected chi connectivity index (χ2v) is 2.42. The molecule has 0 aliphatic carbocycles. The Kier molecular flexibility index (Phi) is 2.62. The molecule has 0 spiro atoms. The Labute approximate surface area is 73.2 Å². The van der Waals surface area contributed by atoms with Gasteiger partial charge in [-0.3, -0.25) is 4.98 Å². The molecule has 0 fully saturated rings. The molecule has 0 unspecified atom stereocenters. The molecule has 1 aromatic heterocycles. The van der Waals surface area contributed by atoms with Crippen LogP contribution in [0.25, 0.3) is 0 Å². The fourth-order valence-corrected chi connectivity index (χ4v) is 0.978. The Morgan fingerprint density at radius 2 is 2.15 bits per heavy atom. The van der Waals surface area contributed by atoms with Gasteiger partial charge in [0.15, 0.2) is 5.75 Å². The summed E-state index contributed by atoms with van der Waals surface area (Å²) in [5.41, 5.74) is 9.57. The Morgan fingerprint density at radius 3 is 2.62 bits per heavy atom. The fraction of sp³-hybridized carbons (Fsp3) is 0.286. The summed E-state index contributed by atoms with van der Waals surface area (Å²) >= 11 is 0. The monoisotopic (exact) mass is 189 g/mol. The van der Waals surface area contributed by atoms with Crippen LogP contribution in [0.1, 0.15) is 17.7 Å². The largest absolute Gasteiger partial charge is 0.504 e. The lowest BCUT2D eigenvalue weighted by Gasteiger charge is -2.09. The zero-order valence-electron chi connectivity index (χ0n) is 6.67. The number of hydrogen-bond acceptors (Lipinski definition) is 4. The van der Waals surface area contributed by atoms with E-state index in [-0.39, 0.29) is 17.9 Å². The molecule has 0 atom stereocenters. The number of aromatic hydroxyl groups is 1. The lowest BCUT2D eigenvalue weighted by atomic mass is 10.1. The van der Waals surface area contributed by atoms with Crippen LogP contribution in [-0.4, -0.2) is 10.1 Å². The molecule has 72 valence electrons. The second kappa shape index (κ2) is 3.53. The highest BCUT2D eigenvalue weighted by Crippen LogP contribution is 2.32. The minimum atomic E-state index is -2.78. The van der Waals surface area contributed by atoms with E-state index in [0.717, 1.165) is 6.20 Å². The first kappa shape index (κ1) is 9.66. The van der Waals surface area contributed by atoms with E-state index < -0.39 is 17.7 Å². The predicted molar refractivity (Wildman–Crippen MR) is 43.2 cm³/mol. The molecule has 5 N–H and O–H groups in total. The summed E-state index contributed by atoms with van der Waals surface area (Å²) in [6.07, 6.45) is -1.78. The molecule has 1 heterocycles. The van der Waals surface area contributed by atoms with Crippen molar-refractivity contribution >= 4 is 5.69 Å². The van der Waals surface area contributed by atoms with Crippen LogP contribution in [0.5, 0.6) is 5.75 Å². The highest BCUT2D eigenvalue weighted by atomic mass is 19.3. The summed E-state index contributed by atoms with van der Waals surface area (Å²) in [5, 5.41) is 9.01. The van der Waals surface area contributed by atoms with Gasteiger partial charge in [-0.1, -0.05) is 0 Å². The van der Waals surface area contributed by atoms with Crippen LogP contribution >= 0.6 is 0 Å². The number of pyridine rings is 1. The van der Waals surface area contributed by atoms with E-state index in [2.05, 4.69) is 4.98 Å². The lowest BCUT2D eigenvalue weighted by molar-refractivity contribution is 0.150. The zero-order chi connectivity index (χ0) is 10.0. The number of nitrogen functional groups attached to an aromatic ring is 1. The Bertz CT molecular complexity index is 317. The number of alkyl halides is 2. The van der Waals surface area contributed by atoms with Crippen molar-refractivity contribution in [1.29, 1.82) is 0 Å². The van der Waals surface area contributed by atoms with Crippen LogP contribution in [0.2, 0.25) is 0 Å². The number of nitrogens with two attached hydrogens (primary N) is 2. The van der Waals surface area contributed by atoms with Crippen LogP contribution in [-0.2, 0) is 6.54 Å². The third kappa shape index (κ3) is 1.67. The highest BCUT2D eigenvalue weighted by Gasteiger charge is 2.19. The smallest absolute Gasteiger partial charge is 0.267 e. The highest BCUT2D eigenvalue weighted by molar-refractivity contribution is 5.58. The third-order valence-electron chi connectivity index (χ3n) is 1.63. The molecule has 4 nitrogen and oxygen atoms in total. The van der Waals surface area contributed by atoms with Crippen molar-refractivity contribution in [3.8, 4) is 5.75 Å². The molecule has 1 aromatic rings. The number of rotatable bonds is 2. The van der Waals surface area contributed by atoms with Gasteiger partial charge >= 0.3 is 0 Å². The Hall–Kier alpha value is -1.43. The number of hydrogen-bond donors (Lipinski definition) is 3. The molecule has 0 amide bonds. The second-order valence-electron chi connectivity index (χ2n) is 2.42. The maximum atomic E-state index is 12.4. The summed E-state index contributed by atoms with van der Waals surface area (Å²) in [6.45, 7) is -0.135. The van der Waals surface area contributed by atoms with Gasteiger partial charge < -0.3 is 16.6 Å². The summed E-state index contributed by atoms with van der Waals surface area (Å²) in [6, 6.07) is 0. The van der Waals surface area contributed by atoms with Crippen molar-refractivity contribution in [3.63, 3.8) is 0 Å². The molecule has 0 aromatic carbocycles. The molecule has 0 radical (unpaired) electrons. The lowest BCUT2D eigenvalue weighted by Crippen LogP contribution is -2.08. The van der Waals surface area contributed by atoms with Gasteiger partial charge in [0.1, 0.15) is 0 Å². The first-order valence-electron chi connectivity index (χ1n) is 3.52. The minimum Gasteiger partial charge on any atom is -0.504 e. The number of nitrogens with zero attached hydrogens (tertiary/aromatic N) is 1. The van der Waals surface area contributed by atoms with E-state index in [1.54, 1.807) is 0 Å². The van der Waals surface area contributed by atoms with Crippen LogP contribution < -0.4 is 11.5 Å². The van der Waals surface area contributed by atoms with E-state index in [9.17, 15) is 8.78 Å². The summed E-state index contributed by atoms with van der Waals surface area (Å²) < 4.78 is 24.7. The van der Waals surface area contributed by atoms with Gasteiger partial charge in [0.05, 0.1) is 23.1 Å². The van der Waals surface area contributed by atoms with Crippen molar-refractivity contribution in [2.45, 2.75) is 13.0 Å². The molecule has 0 saturated heterocycles. The van der Waals surface area contributed by atoms with Crippen molar-refractivity contribution in [2.75, 3.05) is 5.73 Å². The van der Waals surface area contributed by atoms with Gasteiger partial charge in [-0.2, -0.15) is 0 Å². The Balaban J connectivity index is 3.32. The molecule has 0 aliphatic heterocycles. The van der Waals surface area contributed by atoms with E-state index in [4.69, 9.17) is 16.6 Å². The van der Waals surface area contributed by atoms with E-state index in [0.29, 0.717) is 0 Å². The summed E-state index contributed by atoms with van der Waals surface area (Å²) in [7, 11) is 0. The van der Waals surface area contributed by atoms with Gasteiger partial charge in [0.25, 0.3) is 6.43 Å². The predicted octanol–water partition coefficient (Wildman–Crippen LogP) is 0.766. The van der Waals surface area contributed by atoms with Crippen LogP contribution in [0.15, 0.2) is 6.20 Å². The first-order chi connectivity index (χ1) is 6.07. The average molecular weight is 189 g/mol. The summed E-state index contributed by atoms with van der Waals surface area (Å²) in [5.74, 6) is -0.451. The van der Waals surface area contributed by atoms with Gasteiger partial charge in [-0.05, 0) is 0 Å². The molecule has 0 bridgehead atoms. The third-order valence-corrected chi connectivity index (χ3v) is 1.63. The minimum absolute atomic E-state index is 0.00491. The van der Waals surface area contributed by atoms with E-state index >= 15 is 0 Å². The maximum Gasteiger partial charge on any atom is 0.267 e. The van der Waals surface area contributed by atoms with E-state index in [1.807, 2.05) is 0 Å². The SMILES string of the molecule is NCc1ncc(O)c(N)c1C(F)F. The standard InChI is InChI=1S/C7H9F2N3O/c8-7(9)5-3(1-10)12-2-4(13)6(5)11/h2,7,13H,1,10H2,(H2,11,12). The molecule has 0 aliphatic rings. The zero-order valence-corrected chi connectivity index (χ0v) is 6.67. The normalized spacial score (nSPS) is 10.8. The van der Waals surface area contributed by atoms with Crippen molar-refractivity contribution in [2.24, 2.45) is 5.73 Å². The van der Waals surface area contributed by atoms with Crippen LogP contribution in [0.4, 0.5) is 14.5 Å². The van der Waals surface area contributed by atoms with Crippen LogP contribution in [0.3, 0.4) is 0 Å². The Morgan fingerprint density at radius 1 is 1.54 bits per heavy atom. The van der Waals surface area contributed by atoms with Crippen LogP contribution in [0, 0.1) is 0 Å². The van der Waals surface area contributed by atoms with Crippen molar-refractivity contribution < 1.29 is 13.9 Å². The van der Waals surface area contributed by atoms with Gasteiger partial charge in [-0.25, -0.2) is 8.78 Å². The summed E-state index contributed by atoms with van der Waals surface area (Å²) in [4.78, 5) is 3.54. The van der Waals surface area contributed by atoms with Gasteiger partial charge in [-0.15, -0.1) is 0 Å². The van der Waals surface area contributed by atoms with Crippen molar-refractivity contribution in [1.82, 2.24) is 4.98 Å². The number of anilines is 1. The molecular weight excluding hydrogens is 180 g/mol. The molecular formula is C7H9F2N3O. The number of aromatic nitrogens is 1. The van der Waals surface area contributed by atoms with E-state index in [1.165, 1.54) is 0 Å². The molecule has 6 heteroatoms. The molecule has 13 heavy (non-hydrogen) atoms. The first-order valence-corrected chi connectivity index (χ1v) is 3.52. The quantitative estimate of drug-likeness (QED) is 0.641. The van der Waals surface area contributed by atoms with Crippen molar-refractivity contribution in [3.05, 3.63) is 17.5 Å². The fourth-order valence-electron chi connectivity index (χ4n) is 0.978. The maximum absolute atomic E-state index is 12.4. The number of halogens is 2. The molecule has 1 rings (SSSR count). The topological polar surface area (TPSA) is 85.2 Å². The average Bonchev–Trinajstić information content (AvgIpc) is 2.08. The van der Waals surface area contributed by atoms with Gasteiger partial charge in [0, 0.05) is 6.54 Å². The molecule has 0 saturated carbocycles. The van der Waals surface area contributed by atoms with Gasteiger partial charge in [0.2, 0.25) is 0 Å².